The molecular formula is C22H29FN4O3. The Bertz CT molecular complexity index is 894. The molecule has 1 amide bonds. The van der Waals surface area contributed by atoms with E-state index in [2.05, 4.69) is 11.6 Å². The van der Waals surface area contributed by atoms with Crippen LogP contribution in [0.1, 0.15) is 30.9 Å². The fraction of sp³-hybridized carbons (Fsp3) is 0.318. The predicted octanol–water partition coefficient (Wildman–Crippen LogP) is 2.64. The normalized spacial score (nSPS) is 21.5. The third kappa shape index (κ3) is 5.42. The number of nitrogens with two attached hydrogens (primary N) is 2. The lowest BCUT2D eigenvalue weighted by atomic mass is 9.95. The Morgan fingerprint density at radius 3 is 2.63 bits per heavy atom. The number of anilines is 1. The monoisotopic (exact) mass is 416 g/mol. The molecule has 0 spiro atoms. The average molecular weight is 416 g/mol. The average Bonchev–Trinajstić information content (AvgIpc) is 3.14. The topological polar surface area (TPSA) is 129 Å². The van der Waals surface area contributed by atoms with Crippen molar-refractivity contribution in [2.24, 2.45) is 5.73 Å². The summed E-state index contributed by atoms with van der Waals surface area (Å²) in [4.78, 5) is 15.7. The molecule has 3 rings (SSSR count). The minimum atomic E-state index is -0.998. The van der Waals surface area contributed by atoms with Crippen molar-refractivity contribution >= 4 is 23.5 Å². The standard InChI is InChI=1S/C12H13N3O.C10H16FNO2/c13-10(7-8-5-6-15-12(8)14)9-3-1-2-4-11(9)16;1-3-10(14)12-7(2)9(11)5-4-8(12)6-13/h1-7,15-16H,13-14H2;3,7-9,13H,1,4-6H2,2H3/b10-7-;. The molecule has 30 heavy (non-hydrogen) atoms. The van der Waals surface area contributed by atoms with Gasteiger partial charge in [0.05, 0.1) is 18.7 Å². The van der Waals surface area contributed by atoms with Gasteiger partial charge < -0.3 is 31.6 Å². The van der Waals surface area contributed by atoms with E-state index in [0.717, 1.165) is 11.6 Å². The fourth-order valence-electron chi connectivity index (χ4n) is 3.39. The number of nitrogen functional groups attached to an aromatic ring is 1. The highest BCUT2D eigenvalue weighted by Crippen LogP contribution is 2.26. The Morgan fingerprint density at radius 2 is 2.07 bits per heavy atom. The number of rotatable bonds is 4. The number of carbonyl (C=O) groups is 1. The first-order valence-electron chi connectivity index (χ1n) is 9.68. The van der Waals surface area contributed by atoms with Crippen molar-refractivity contribution in [2.45, 2.75) is 38.0 Å². The van der Waals surface area contributed by atoms with Gasteiger partial charge in [0, 0.05) is 23.0 Å². The van der Waals surface area contributed by atoms with Crippen molar-refractivity contribution in [3.05, 3.63) is 60.3 Å². The predicted molar refractivity (Wildman–Crippen MR) is 117 cm³/mol. The number of hydrogen-bond acceptors (Lipinski definition) is 5. The number of para-hydroxylation sites is 1. The second-order valence-corrected chi connectivity index (χ2v) is 7.08. The zero-order valence-corrected chi connectivity index (χ0v) is 17.0. The molecule has 1 fully saturated rings. The van der Waals surface area contributed by atoms with E-state index >= 15 is 0 Å². The number of benzene rings is 1. The lowest BCUT2D eigenvalue weighted by Gasteiger charge is -2.41. The summed E-state index contributed by atoms with van der Waals surface area (Å²) in [6.07, 6.45) is 4.55. The summed E-state index contributed by atoms with van der Waals surface area (Å²) in [6.45, 7) is 4.91. The highest BCUT2D eigenvalue weighted by molar-refractivity contribution is 5.87. The first-order valence-corrected chi connectivity index (χ1v) is 9.68. The number of amides is 1. The Balaban J connectivity index is 0.000000216. The number of likely N-dealkylation sites (tertiary alicyclic amines) is 1. The molecule has 0 saturated carbocycles. The van der Waals surface area contributed by atoms with E-state index in [1.165, 1.54) is 4.90 Å². The van der Waals surface area contributed by atoms with Gasteiger partial charge in [0.1, 0.15) is 17.7 Å². The van der Waals surface area contributed by atoms with Gasteiger partial charge in [0.2, 0.25) is 5.91 Å². The van der Waals surface area contributed by atoms with Crippen LogP contribution in [0.25, 0.3) is 11.8 Å². The zero-order chi connectivity index (χ0) is 22.3. The van der Waals surface area contributed by atoms with Crippen LogP contribution in [0, 0.1) is 0 Å². The molecule has 0 bridgehead atoms. The van der Waals surface area contributed by atoms with Crippen LogP contribution in [-0.4, -0.2) is 50.9 Å². The maximum Gasteiger partial charge on any atom is 0.246 e. The van der Waals surface area contributed by atoms with Gasteiger partial charge in [-0.3, -0.25) is 4.79 Å². The third-order valence-electron chi connectivity index (χ3n) is 5.11. The van der Waals surface area contributed by atoms with E-state index < -0.39 is 12.2 Å². The number of aromatic nitrogens is 1. The summed E-state index contributed by atoms with van der Waals surface area (Å²) < 4.78 is 13.3. The van der Waals surface area contributed by atoms with E-state index in [0.29, 0.717) is 29.9 Å². The molecule has 1 aromatic heterocycles. The van der Waals surface area contributed by atoms with Gasteiger partial charge in [-0.2, -0.15) is 0 Å². The molecule has 7 N–H and O–H groups in total. The lowest BCUT2D eigenvalue weighted by molar-refractivity contribution is -0.136. The van der Waals surface area contributed by atoms with E-state index in [4.69, 9.17) is 16.6 Å². The molecule has 3 unspecified atom stereocenters. The summed E-state index contributed by atoms with van der Waals surface area (Å²) in [7, 11) is 0. The maximum absolute atomic E-state index is 13.3. The Labute approximate surface area is 175 Å². The second-order valence-electron chi connectivity index (χ2n) is 7.08. The molecule has 162 valence electrons. The van der Waals surface area contributed by atoms with Gasteiger partial charge in [-0.15, -0.1) is 0 Å². The van der Waals surface area contributed by atoms with Crippen molar-refractivity contribution in [2.75, 3.05) is 12.3 Å². The number of hydrogen-bond donors (Lipinski definition) is 5. The maximum atomic E-state index is 13.3. The number of carbonyl (C=O) groups excluding carboxylic acids is 1. The second kappa shape index (κ2) is 10.5. The SMILES string of the molecule is C=CC(=O)N1C(CO)CCC(F)C1C.N/C(=C\c1cc[nH]c1N)c1ccccc1O. The minimum absolute atomic E-state index is 0.114. The van der Waals surface area contributed by atoms with Gasteiger partial charge in [0.25, 0.3) is 0 Å². The largest absolute Gasteiger partial charge is 0.507 e. The Kier molecular flexibility index (Phi) is 8.06. The van der Waals surface area contributed by atoms with Crippen LogP contribution in [0.5, 0.6) is 5.75 Å². The van der Waals surface area contributed by atoms with Crippen LogP contribution >= 0.6 is 0 Å². The number of nitrogens with zero attached hydrogens (tertiary/aromatic N) is 1. The number of aliphatic hydroxyl groups excluding tert-OH is 1. The van der Waals surface area contributed by atoms with Crippen LogP contribution in [0.4, 0.5) is 10.2 Å². The molecule has 1 aliphatic rings. The number of aromatic amines is 1. The number of aromatic hydroxyl groups is 1. The van der Waals surface area contributed by atoms with Crippen LogP contribution in [0.15, 0.2) is 49.2 Å². The van der Waals surface area contributed by atoms with E-state index in [-0.39, 0.29) is 24.3 Å². The first-order chi connectivity index (χ1) is 14.3. The molecule has 1 aliphatic heterocycles. The van der Waals surface area contributed by atoms with Gasteiger partial charge in [-0.1, -0.05) is 18.7 Å². The molecule has 8 heteroatoms. The van der Waals surface area contributed by atoms with Gasteiger partial charge in [-0.25, -0.2) is 4.39 Å². The molecule has 1 saturated heterocycles. The van der Waals surface area contributed by atoms with Crippen LogP contribution < -0.4 is 11.5 Å². The van der Waals surface area contributed by atoms with E-state index in [9.17, 15) is 14.3 Å². The number of halogens is 1. The Morgan fingerprint density at radius 1 is 1.37 bits per heavy atom. The first kappa shape index (κ1) is 23.0. The number of phenols is 1. The summed E-state index contributed by atoms with van der Waals surface area (Å²) in [5, 5.41) is 18.7. The minimum Gasteiger partial charge on any atom is -0.507 e. The number of aliphatic hydroxyl groups is 1. The van der Waals surface area contributed by atoms with Crippen molar-refractivity contribution < 1.29 is 19.4 Å². The van der Waals surface area contributed by atoms with Crippen molar-refractivity contribution in [3.8, 4) is 5.75 Å². The summed E-state index contributed by atoms with van der Waals surface area (Å²) >= 11 is 0. The number of H-pyrrole nitrogens is 1. The highest BCUT2D eigenvalue weighted by Gasteiger charge is 2.36. The number of phenolic OH excluding ortho intramolecular Hbond substituents is 1. The molecule has 2 aromatic rings. The molecule has 0 radical (unpaired) electrons. The van der Waals surface area contributed by atoms with E-state index in [1.54, 1.807) is 37.4 Å². The van der Waals surface area contributed by atoms with E-state index in [1.807, 2.05) is 12.1 Å². The summed E-state index contributed by atoms with van der Waals surface area (Å²) in [6, 6.07) is 8.00. The third-order valence-corrected chi connectivity index (χ3v) is 5.11. The van der Waals surface area contributed by atoms with Crippen molar-refractivity contribution in [3.63, 3.8) is 0 Å². The zero-order valence-electron chi connectivity index (χ0n) is 17.0. The quantitative estimate of drug-likeness (QED) is 0.490. The van der Waals surface area contributed by atoms with Crippen LogP contribution in [-0.2, 0) is 4.79 Å². The van der Waals surface area contributed by atoms with Gasteiger partial charge in [0.15, 0.2) is 0 Å². The molecule has 0 aliphatic carbocycles. The molecule has 3 atom stereocenters. The number of piperidine rings is 1. The van der Waals surface area contributed by atoms with Gasteiger partial charge >= 0.3 is 0 Å². The number of nitrogens with one attached hydrogen (secondary N) is 1. The van der Waals surface area contributed by atoms with Crippen molar-refractivity contribution in [1.82, 2.24) is 9.88 Å². The lowest BCUT2D eigenvalue weighted by Crippen LogP contribution is -2.54. The molecule has 1 aromatic carbocycles. The molecule has 7 nitrogen and oxygen atoms in total. The summed E-state index contributed by atoms with van der Waals surface area (Å²) in [5.74, 6) is 0.405. The Hall–Kier alpha value is -3.26. The highest BCUT2D eigenvalue weighted by atomic mass is 19.1. The van der Waals surface area contributed by atoms with Crippen LogP contribution in [0.3, 0.4) is 0 Å². The smallest absolute Gasteiger partial charge is 0.246 e. The fourth-order valence-corrected chi connectivity index (χ4v) is 3.39. The molecular weight excluding hydrogens is 387 g/mol. The number of alkyl halides is 1. The van der Waals surface area contributed by atoms with Crippen LogP contribution in [0.2, 0.25) is 0 Å². The van der Waals surface area contributed by atoms with Gasteiger partial charge in [-0.05, 0) is 50.1 Å². The van der Waals surface area contributed by atoms with Crippen molar-refractivity contribution in [1.29, 1.82) is 0 Å². The summed E-state index contributed by atoms with van der Waals surface area (Å²) in [5.41, 5.74) is 13.5. The molecule has 2 heterocycles.